The Morgan fingerprint density at radius 3 is 2.40 bits per heavy atom. The summed E-state index contributed by atoms with van der Waals surface area (Å²) >= 11 is 6.03. The van der Waals surface area contributed by atoms with Crippen LogP contribution in [-0.4, -0.2) is 5.11 Å². The zero-order chi connectivity index (χ0) is 14.1. The molecule has 104 valence electrons. The lowest BCUT2D eigenvalue weighted by Crippen LogP contribution is -2.09. The molecule has 2 aromatic carbocycles. The largest absolute Gasteiger partial charge is 0.384 e. The van der Waals surface area contributed by atoms with Crippen molar-refractivity contribution in [1.82, 2.24) is 0 Å². The maximum Gasteiger partial charge on any atom is 0.104 e. The first-order valence-electron chi connectivity index (χ1n) is 7.19. The molecule has 1 saturated carbocycles. The molecule has 1 atom stereocenters. The fraction of sp³-hybridized carbons (Fsp3) is 0.333. The van der Waals surface area contributed by atoms with Crippen LogP contribution in [0, 0.1) is 6.92 Å². The number of hydrogen-bond acceptors (Lipinski definition) is 1. The summed E-state index contributed by atoms with van der Waals surface area (Å²) in [5.74, 6) is 0.731. The number of aliphatic hydroxyl groups is 1. The zero-order valence-corrected chi connectivity index (χ0v) is 12.4. The number of benzene rings is 2. The van der Waals surface area contributed by atoms with Gasteiger partial charge in [0.25, 0.3) is 0 Å². The number of halogens is 1. The fourth-order valence-electron chi connectivity index (χ4n) is 2.78. The van der Waals surface area contributed by atoms with Gasteiger partial charge in [-0.15, -0.1) is 0 Å². The zero-order valence-electron chi connectivity index (χ0n) is 11.6. The van der Waals surface area contributed by atoms with Gasteiger partial charge in [-0.25, -0.2) is 0 Å². The Morgan fingerprint density at radius 2 is 1.80 bits per heavy atom. The normalized spacial score (nSPS) is 16.8. The van der Waals surface area contributed by atoms with E-state index in [1.165, 1.54) is 24.8 Å². The molecule has 1 nitrogen and oxygen atoms in total. The summed E-state index contributed by atoms with van der Waals surface area (Å²) in [5.41, 5.74) is 4.27. The van der Waals surface area contributed by atoms with Crippen LogP contribution < -0.4 is 0 Å². The molecule has 0 aliphatic heterocycles. The van der Waals surface area contributed by atoms with Crippen LogP contribution in [-0.2, 0) is 0 Å². The van der Waals surface area contributed by atoms with Crippen molar-refractivity contribution in [1.29, 1.82) is 0 Å². The molecule has 1 N–H and O–H groups in total. The van der Waals surface area contributed by atoms with Crippen molar-refractivity contribution in [3.63, 3.8) is 0 Å². The van der Waals surface area contributed by atoms with Crippen LogP contribution in [0.3, 0.4) is 0 Å². The minimum Gasteiger partial charge on any atom is -0.384 e. The average molecular weight is 287 g/mol. The molecule has 0 radical (unpaired) electrons. The Bertz CT molecular complexity index is 599. The third-order valence-electron chi connectivity index (χ3n) is 4.36. The quantitative estimate of drug-likeness (QED) is 0.842. The second-order valence-electron chi connectivity index (χ2n) is 5.70. The predicted molar refractivity (Wildman–Crippen MR) is 83.3 cm³/mol. The highest BCUT2D eigenvalue weighted by Crippen LogP contribution is 2.37. The van der Waals surface area contributed by atoms with E-state index in [4.69, 9.17) is 11.6 Å². The molecule has 3 rings (SSSR count). The van der Waals surface area contributed by atoms with Crippen molar-refractivity contribution in [2.24, 2.45) is 0 Å². The molecule has 2 aromatic rings. The van der Waals surface area contributed by atoms with E-state index in [2.05, 4.69) is 12.1 Å². The molecule has 0 aromatic heterocycles. The first kappa shape index (κ1) is 13.7. The lowest BCUT2D eigenvalue weighted by molar-refractivity contribution is 0.219. The van der Waals surface area contributed by atoms with E-state index in [0.29, 0.717) is 5.02 Å². The summed E-state index contributed by atoms with van der Waals surface area (Å²) in [6, 6.07) is 14.0. The van der Waals surface area contributed by atoms with Crippen molar-refractivity contribution in [3.8, 4) is 0 Å². The molecular weight excluding hydrogens is 268 g/mol. The third kappa shape index (κ3) is 2.61. The molecule has 1 aliphatic rings. The summed E-state index contributed by atoms with van der Waals surface area (Å²) in [6.07, 6.45) is 3.34. The summed E-state index contributed by atoms with van der Waals surface area (Å²) < 4.78 is 0. The number of hydrogen-bond donors (Lipinski definition) is 1. The monoisotopic (exact) mass is 286 g/mol. The van der Waals surface area contributed by atoms with Gasteiger partial charge in [-0.1, -0.05) is 48.4 Å². The van der Waals surface area contributed by atoms with E-state index in [-0.39, 0.29) is 0 Å². The number of rotatable bonds is 3. The van der Waals surface area contributed by atoms with Crippen LogP contribution in [0.15, 0.2) is 42.5 Å². The lowest BCUT2D eigenvalue weighted by atomic mass is 9.80. The van der Waals surface area contributed by atoms with Gasteiger partial charge in [-0.05, 0) is 60.1 Å². The van der Waals surface area contributed by atoms with Gasteiger partial charge < -0.3 is 5.11 Å². The number of aryl methyl sites for hydroxylation is 1. The smallest absolute Gasteiger partial charge is 0.104 e. The fourth-order valence-corrected chi connectivity index (χ4v) is 2.96. The van der Waals surface area contributed by atoms with Gasteiger partial charge in [0.05, 0.1) is 0 Å². The van der Waals surface area contributed by atoms with Crippen molar-refractivity contribution < 1.29 is 5.11 Å². The molecule has 0 heterocycles. The molecule has 20 heavy (non-hydrogen) atoms. The van der Waals surface area contributed by atoms with Crippen molar-refractivity contribution in [2.75, 3.05) is 0 Å². The third-order valence-corrected chi connectivity index (χ3v) is 4.60. The van der Waals surface area contributed by atoms with Crippen LogP contribution in [0.25, 0.3) is 0 Å². The highest BCUT2D eigenvalue weighted by molar-refractivity contribution is 6.30. The van der Waals surface area contributed by atoms with Gasteiger partial charge in [0.2, 0.25) is 0 Å². The number of aliphatic hydroxyl groups excluding tert-OH is 1. The summed E-state index contributed by atoms with van der Waals surface area (Å²) in [7, 11) is 0. The van der Waals surface area contributed by atoms with Crippen molar-refractivity contribution in [3.05, 3.63) is 69.7 Å². The van der Waals surface area contributed by atoms with E-state index < -0.39 is 6.10 Å². The van der Waals surface area contributed by atoms with Gasteiger partial charge in [0.15, 0.2) is 0 Å². The average Bonchev–Trinajstić information content (AvgIpc) is 2.40. The van der Waals surface area contributed by atoms with Crippen LogP contribution in [0.1, 0.15) is 53.5 Å². The highest BCUT2D eigenvalue weighted by Gasteiger charge is 2.20. The Kier molecular flexibility index (Phi) is 3.82. The van der Waals surface area contributed by atoms with E-state index >= 15 is 0 Å². The molecule has 0 spiro atoms. The van der Waals surface area contributed by atoms with Gasteiger partial charge in [-0.3, -0.25) is 0 Å². The molecule has 2 heteroatoms. The Morgan fingerprint density at radius 1 is 1.10 bits per heavy atom. The summed E-state index contributed by atoms with van der Waals surface area (Å²) in [6.45, 7) is 2.00. The van der Waals surface area contributed by atoms with E-state index in [0.717, 1.165) is 22.6 Å². The van der Waals surface area contributed by atoms with Crippen LogP contribution in [0.4, 0.5) is 0 Å². The maximum absolute atomic E-state index is 10.5. The standard InChI is InChI=1S/C18H19ClO/c1-12-5-10-16(19)11-17(12)18(20)15-8-6-14(7-9-15)13-3-2-4-13/h5-11,13,18,20H,2-4H2,1H3. The Hall–Kier alpha value is -1.31. The topological polar surface area (TPSA) is 20.2 Å². The summed E-state index contributed by atoms with van der Waals surface area (Å²) in [5, 5.41) is 11.2. The SMILES string of the molecule is Cc1ccc(Cl)cc1C(O)c1ccc(C2CCC2)cc1. The summed E-state index contributed by atoms with van der Waals surface area (Å²) in [4.78, 5) is 0. The van der Waals surface area contributed by atoms with E-state index in [1.54, 1.807) is 0 Å². The minimum atomic E-state index is -0.607. The lowest BCUT2D eigenvalue weighted by Gasteiger charge is -2.26. The molecule has 1 aliphatic carbocycles. The van der Waals surface area contributed by atoms with Crippen molar-refractivity contribution in [2.45, 2.75) is 38.2 Å². The van der Waals surface area contributed by atoms with Crippen molar-refractivity contribution >= 4 is 11.6 Å². The highest BCUT2D eigenvalue weighted by atomic mass is 35.5. The molecule has 1 unspecified atom stereocenters. The van der Waals surface area contributed by atoms with E-state index in [9.17, 15) is 5.11 Å². The first-order valence-corrected chi connectivity index (χ1v) is 7.57. The predicted octanol–water partition coefficient (Wildman–Crippen LogP) is 5.00. The van der Waals surface area contributed by atoms with Gasteiger partial charge >= 0.3 is 0 Å². The van der Waals surface area contributed by atoms with Gasteiger partial charge in [-0.2, -0.15) is 0 Å². The van der Waals surface area contributed by atoms with Crippen LogP contribution in [0.5, 0.6) is 0 Å². The molecule has 1 fully saturated rings. The molecule has 0 bridgehead atoms. The van der Waals surface area contributed by atoms with Crippen LogP contribution in [0.2, 0.25) is 5.02 Å². The maximum atomic E-state index is 10.5. The minimum absolute atomic E-state index is 0.607. The second-order valence-corrected chi connectivity index (χ2v) is 6.13. The van der Waals surface area contributed by atoms with E-state index in [1.807, 2.05) is 37.3 Å². The Balaban J connectivity index is 1.85. The van der Waals surface area contributed by atoms with Gasteiger partial charge in [0, 0.05) is 5.02 Å². The first-order chi connectivity index (χ1) is 9.65. The molecule has 0 amide bonds. The second kappa shape index (κ2) is 5.59. The van der Waals surface area contributed by atoms with Gasteiger partial charge in [0.1, 0.15) is 6.10 Å². The molecule has 0 saturated heterocycles. The van der Waals surface area contributed by atoms with Crippen LogP contribution >= 0.6 is 11.6 Å². The Labute approximate surface area is 125 Å². The molecular formula is C18H19ClO.